The molecule has 0 bridgehead atoms. The Labute approximate surface area is 123 Å². The van der Waals surface area contributed by atoms with E-state index in [-0.39, 0.29) is 12.4 Å². The van der Waals surface area contributed by atoms with Crippen molar-refractivity contribution < 1.29 is 29.2 Å². The monoisotopic (exact) mass is 296 g/mol. The summed E-state index contributed by atoms with van der Waals surface area (Å²) in [5.74, 6) is 0. The van der Waals surface area contributed by atoms with Gasteiger partial charge in [0.15, 0.2) is 12.6 Å². The minimum Gasteiger partial charge on any atom is -0.385 e. The van der Waals surface area contributed by atoms with Crippen molar-refractivity contribution in [1.29, 1.82) is 0 Å². The van der Waals surface area contributed by atoms with E-state index in [1.807, 2.05) is 30.3 Å². The summed E-state index contributed by atoms with van der Waals surface area (Å²) in [6, 6.07) is 9.63. The summed E-state index contributed by atoms with van der Waals surface area (Å²) in [6.45, 7) is 2.48. The van der Waals surface area contributed by atoms with Crippen molar-refractivity contribution in [2.24, 2.45) is 0 Å². The van der Waals surface area contributed by atoms with Gasteiger partial charge in [-0.2, -0.15) is 0 Å². The van der Waals surface area contributed by atoms with Crippen LogP contribution >= 0.6 is 0 Å². The van der Waals surface area contributed by atoms with Crippen LogP contribution in [-0.4, -0.2) is 53.8 Å². The number of aliphatic hydroxyl groups excluding tert-OH is 2. The van der Waals surface area contributed by atoms with Crippen LogP contribution in [0.25, 0.3) is 0 Å². The molecule has 6 nitrogen and oxygen atoms in total. The molecule has 1 unspecified atom stereocenters. The molecule has 2 fully saturated rings. The average Bonchev–Trinajstić information content (AvgIpc) is 3.03. The Balaban J connectivity index is 1.65. The molecule has 0 radical (unpaired) electrons. The Morgan fingerprint density at radius 2 is 1.95 bits per heavy atom. The third kappa shape index (κ3) is 3.26. The topological polar surface area (TPSA) is 77.4 Å². The minimum absolute atomic E-state index is 0.316. The standard InChI is InChI=1S/C15H20O6/c1-9-18-8-11(20-9)13-14(12(16)15(17)21-13)19-7-10-5-3-2-4-6-10/h2-6,9,11-17H,7-8H2,1H3/t9?,11-,12-,13-,14+,15-/m1/s1. The van der Waals surface area contributed by atoms with Crippen molar-refractivity contribution in [3.05, 3.63) is 35.9 Å². The van der Waals surface area contributed by atoms with Crippen molar-refractivity contribution in [3.8, 4) is 0 Å². The number of hydrogen-bond donors (Lipinski definition) is 2. The van der Waals surface area contributed by atoms with E-state index in [0.29, 0.717) is 13.2 Å². The molecule has 0 amide bonds. The number of aliphatic hydroxyl groups is 2. The van der Waals surface area contributed by atoms with Crippen LogP contribution in [0.4, 0.5) is 0 Å². The zero-order valence-corrected chi connectivity index (χ0v) is 11.8. The van der Waals surface area contributed by atoms with Crippen LogP contribution in [-0.2, 0) is 25.6 Å². The number of benzene rings is 1. The molecule has 116 valence electrons. The van der Waals surface area contributed by atoms with Crippen LogP contribution in [0.1, 0.15) is 12.5 Å². The van der Waals surface area contributed by atoms with Crippen molar-refractivity contribution >= 4 is 0 Å². The summed E-state index contributed by atoms with van der Waals surface area (Å²) in [6.07, 6.45) is -4.24. The summed E-state index contributed by atoms with van der Waals surface area (Å²) >= 11 is 0. The van der Waals surface area contributed by atoms with E-state index in [4.69, 9.17) is 18.9 Å². The Kier molecular flexibility index (Phi) is 4.54. The van der Waals surface area contributed by atoms with Gasteiger partial charge in [0.2, 0.25) is 0 Å². The summed E-state index contributed by atoms with van der Waals surface area (Å²) < 4.78 is 22.1. The van der Waals surface area contributed by atoms with E-state index in [0.717, 1.165) is 5.56 Å². The third-order valence-electron chi connectivity index (χ3n) is 3.76. The normalized spacial score (nSPS) is 39.8. The quantitative estimate of drug-likeness (QED) is 0.838. The number of hydrogen-bond acceptors (Lipinski definition) is 6. The van der Waals surface area contributed by atoms with E-state index >= 15 is 0 Å². The van der Waals surface area contributed by atoms with Crippen LogP contribution in [0.2, 0.25) is 0 Å². The van der Waals surface area contributed by atoms with Gasteiger partial charge in [-0.15, -0.1) is 0 Å². The maximum atomic E-state index is 10.0. The molecule has 2 N–H and O–H groups in total. The predicted octanol–water partition coefficient (Wildman–Crippen LogP) is 0.411. The lowest BCUT2D eigenvalue weighted by Gasteiger charge is -2.24. The molecule has 2 aliphatic heterocycles. The molecule has 1 aromatic carbocycles. The lowest BCUT2D eigenvalue weighted by atomic mass is 10.1. The van der Waals surface area contributed by atoms with Gasteiger partial charge in [-0.1, -0.05) is 30.3 Å². The zero-order chi connectivity index (χ0) is 14.8. The van der Waals surface area contributed by atoms with Gasteiger partial charge >= 0.3 is 0 Å². The first-order valence-electron chi connectivity index (χ1n) is 7.09. The van der Waals surface area contributed by atoms with Crippen LogP contribution in [0.15, 0.2) is 30.3 Å². The summed E-state index contributed by atoms with van der Waals surface area (Å²) in [4.78, 5) is 0. The van der Waals surface area contributed by atoms with E-state index in [1.165, 1.54) is 0 Å². The first-order valence-corrected chi connectivity index (χ1v) is 7.09. The molecule has 0 aromatic heterocycles. The van der Waals surface area contributed by atoms with Gasteiger partial charge in [0.25, 0.3) is 0 Å². The molecule has 21 heavy (non-hydrogen) atoms. The van der Waals surface area contributed by atoms with Gasteiger partial charge < -0.3 is 29.2 Å². The predicted molar refractivity (Wildman–Crippen MR) is 72.2 cm³/mol. The summed E-state index contributed by atoms with van der Waals surface area (Å²) in [5.41, 5.74) is 0.988. The van der Waals surface area contributed by atoms with Crippen LogP contribution in [0, 0.1) is 0 Å². The summed E-state index contributed by atoms with van der Waals surface area (Å²) in [7, 11) is 0. The van der Waals surface area contributed by atoms with Crippen molar-refractivity contribution in [2.75, 3.05) is 6.61 Å². The largest absolute Gasteiger partial charge is 0.385 e. The molecular formula is C15H20O6. The molecule has 2 saturated heterocycles. The Bertz CT molecular complexity index is 453. The zero-order valence-electron chi connectivity index (χ0n) is 11.8. The first kappa shape index (κ1) is 14.9. The first-order chi connectivity index (χ1) is 10.1. The SMILES string of the molecule is CC1OC[C@H]([C@H]2O[C@@H](O)[C@H](O)[C@@H]2OCc2ccccc2)O1. The van der Waals surface area contributed by atoms with Crippen molar-refractivity contribution in [2.45, 2.75) is 50.5 Å². The molecule has 1 aromatic rings. The molecular weight excluding hydrogens is 276 g/mol. The van der Waals surface area contributed by atoms with Crippen molar-refractivity contribution in [3.63, 3.8) is 0 Å². The minimum atomic E-state index is -1.27. The number of rotatable bonds is 4. The van der Waals surface area contributed by atoms with E-state index in [1.54, 1.807) is 6.92 Å². The molecule has 6 atom stereocenters. The van der Waals surface area contributed by atoms with Crippen LogP contribution in [0.5, 0.6) is 0 Å². The maximum Gasteiger partial charge on any atom is 0.184 e. The lowest BCUT2D eigenvalue weighted by molar-refractivity contribution is -0.153. The highest BCUT2D eigenvalue weighted by atomic mass is 16.7. The second-order valence-electron chi connectivity index (χ2n) is 5.32. The van der Waals surface area contributed by atoms with Gasteiger partial charge in [0.05, 0.1) is 13.2 Å². The van der Waals surface area contributed by atoms with Crippen molar-refractivity contribution in [1.82, 2.24) is 0 Å². The van der Waals surface area contributed by atoms with E-state index < -0.39 is 24.6 Å². The fourth-order valence-corrected chi connectivity index (χ4v) is 2.66. The molecule has 2 aliphatic rings. The van der Waals surface area contributed by atoms with Crippen LogP contribution < -0.4 is 0 Å². The fourth-order valence-electron chi connectivity index (χ4n) is 2.66. The highest BCUT2D eigenvalue weighted by Crippen LogP contribution is 2.30. The molecule has 0 spiro atoms. The van der Waals surface area contributed by atoms with Crippen LogP contribution in [0.3, 0.4) is 0 Å². The molecule has 3 rings (SSSR count). The molecule has 0 aliphatic carbocycles. The van der Waals surface area contributed by atoms with E-state index in [9.17, 15) is 10.2 Å². The van der Waals surface area contributed by atoms with Gasteiger partial charge in [0.1, 0.15) is 24.4 Å². The van der Waals surface area contributed by atoms with Gasteiger partial charge in [0, 0.05) is 0 Å². The smallest absolute Gasteiger partial charge is 0.184 e. The highest BCUT2D eigenvalue weighted by Gasteiger charge is 2.49. The van der Waals surface area contributed by atoms with Gasteiger partial charge in [-0.3, -0.25) is 0 Å². The average molecular weight is 296 g/mol. The number of ether oxygens (including phenoxy) is 4. The highest BCUT2D eigenvalue weighted by molar-refractivity contribution is 5.13. The second kappa shape index (κ2) is 6.39. The lowest BCUT2D eigenvalue weighted by Crippen LogP contribution is -2.42. The third-order valence-corrected chi connectivity index (χ3v) is 3.76. The summed E-state index contributed by atoms with van der Waals surface area (Å²) in [5, 5.41) is 19.7. The molecule has 0 saturated carbocycles. The second-order valence-corrected chi connectivity index (χ2v) is 5.32. The van der Waals surface area contributed by atoms with Gasteiger partial charge in [-0.05, 0) is 12.5 Å². The molecule has 2 heterocycles. The van der Waals surface area contributed by atoms with Gasteiger partial charge in [-0.25, -0.2) is 0 Å². The Morgan fingerprint density at radius 1 is 1.19 bits per heavy atom. The Hall–Kier alpha value is -1.02. The molecule has 6 heteroatoms. The Morgan fingerprint density at radius 3 is 2.62 bits per heavy atom. The maximum absolute atomic E-state index is 10.0. The fraction of sp³-hybridized carbons (Fsp3) is 0.600. The van der Waals surface area contributed by atoms with E-state index in [2.05, 4.69) is 0 Å².